The number of nitrogens with zero attached hydrogens (tertiary/aromatic N) is 1. The number of likely N-dealkylation sites (N-methyl/N-ethyl adjacent to an activating group) is 1. The zero-order chi connectivity index (χ0) is 18.1. The average molecular weight is 355 g/mol. The second-order valence-corrected chi connectivity index (χ2v) is 8.77. The summed E-state index contributed by atoms with van der Waals surface area (Å²) in [5.74, 6) is 2.99. The predicted molar refractivity (Wildman–Crippen MR) is 100.0 cm³/mol. The number of carbonyl (C=O) groups excluding carboxylic acids is 1. The van der Waals surface area contributed by atoms with Crippen molar-refractivity contribution in [1.29, 1.82) is 0 Å². The van der Waals surface area contributed by atoms with Crippen LogP contribution < -0.4 is 9.47 Å². The van der Waals surface area contributed by atoms with Crippen LogP contribution in [0.1, 0.15) is 50.2 Å². The van der Waals surface area contributed by atoms with Crippen LogP contribution in [-0.2, 0) is 16.6 Å². The van der Waals surface area contributed by atoms with Crippen molar-refractivity contribution in [3.8, 4) is 11.5 Å². The molecular weight excluding hydrogens is 326 g/mol. The lowest BCUT2D eigenvalue weighted by atomic mass is 9.48. The third-order valence-corrected chi connectivity index (χ3v) is 7.67. The van der Waals surface area contributed by atoms with Crippen molar-refractivity contribution in [1.82, 2.24) is 4.90 Å². The van der Waals surface area contributed by atoms with E-state index in [2.05, 4.69) is 24.9 Å². The topological polar surface area (TPSA) is 38.8 Å². The van der Waals surface area contributed by atoms with Crippen molar-refractivity contribution >= 4 is 5.78 Å². The van der Waals surface area contributed by atoms with Crippen molar-refractivity contribution in [3.05, 3.63) is 23.3 Å². The maximum Gasteiger partial charge on any atom is 0.174 e. The number of hydrogen-bond acceptors (Lipinski definition) is 4. The van der Waals surface area contributed by atoms with Crippen LogP contribution in [-0.4, -0.2) is 43.5 Å². The van der Waals surface area contributed by atoms with Gasteiger partial charge in [-0.25, -0.2) is 0 Å². The molecule has 26 heavy (non-hydrogen) atoms. The van der Waals surface area contributed by atoms with E-state index in [0.717, 1.165) is 30.9 Å². The molecule has 2 aliphatic carbocycles. The Morgan fingerprint density at radius 2 is 2.19 bits per heavy atom. The highest BCUT2D eigenvalue weighted by Crippen LogP contribution is 2.64. The summed E-state index contributed by atoms with van der Waals surface area (Å²) in [6, 6.07) is 4.77. The fraction of sp³-hybridized carbons (Fsp3) is 0.682. The van der Waals surface area contributed by atoms with E-state index in [0.29, 0.717) is 30.1 Å². The molecule has 1 aromatic rings. The molecular formula is C22H29NO3. The van der Waals surface area contributed by atoms with E-state index in [9.17, 15) is 4.79 Å². The summed E-state index contributed by atoms with van der Waals surface area (Å²) in [7, 11) is 3.97. The van der Waals surface area contributed by atoms with Gasteiger partial charge in [0.25, 0.3) is 0 Å². The van der Waals surface area contributed by atoms with E-state index in [4.69, 9.17) is 9.47 Å². The minimum atomic E-state index is -0.299. The first-order valence-corrected chi connectivity index (χ1v) is 10.2. The van der Waals surface area contributed by atoms with Crippen molar-refractivity contribution in [2.75, 3.05) is 20.7 Å². The maximum absolute atomic E-state index is 13.2. The Labute approximate surface area is 155 Å². The van der Waals surface area contributed by atoms with E-state index in [1.165, 1.54) is 30.4 Å². The lowest BCUT2D eigenvalue weighted by molar-refractivity contribution is -0.144. The first kappa shape index (κ1) is 16.6. The normalized spacial score (nSPS) is 37.3. The summed E-state index contributed by atoms with van der Waals surface area (Å²) < 4.78 is 12.0. The molecule has 1 saturated heterocycles. The van der Waals surface area contributed by atoms with Crippen LogP contribution in [0.5, 0.6) is 11.5 Å². The number of likely N-dealkylation sites (tertiary alicyclic amines) is 1. The number of Topliss-reactive ketones (excluding diaryl/α,β-unsaturated/α-hetero) is 1. The molecule has 4 heteroatoms. The Morgan fingerprint density at radius 3 is 2.96 bits per heavy atom. The Kier molecular flexibility index (Phi) is 3.66. The van der Waals surface area contributed by atoms with Crippen molar-refractivity contribution in [3.63, 3.8) is 0 Å². The number of benzene rings is 1. The molecule has 0 amide bonds. The lowest BCUT2D eigenvalue weighted by Crippen LogP contribution is -2.67. The monoisotopic (exact) mass is 355 g/mol. The molecule has 0 aromatic heterocycles. The van der Waals surface area contributed by atoms with Gasteiger partial charge in [0.1, 0.15) is 0 Å². The quantitative estimate of drug-likeness (QED) is 0.830. The minimum Gasteiger partial charge on any atom is -0.493 e. The third kappa shape index (κ3) is 1.91. The fourth-order valence-electron chi connectivity index (χ4n) is 6.66. The minimum absolute atomic E-state index is 0.123. The smallest absolute Gasteiger partial charge is 0.174 e. The molecule has 1 aromatic carbocycles. The number of rotatable bonds is 4. The Morgan fingerprint density at radius 1 is 1.35 bits per heavy atom. The molecule has 4 nitrogen and oxygen atoms in total. The molecule has 2 aliphatic heterocycles. The largest absolute Gasteiger partial charge is 0.493 e. The van der Waals surface area contributed by atoms with Gasteiger partial charge in [-0.3, -0.25) is 4.79 Å². The molecule has 140 valence electrons. The van der Waals surface area contributed by atoms with Gasteiger partial charge in [0.2, 0.25) is 0 Å². The van der Waals surface area contributed by atoms with E-state index in [1.54, 1.807) is 7.11 Å². The molecule has 4 aliphatic rings. The van der Waals surface area contributed by atoms with Crippen molar-refractivity contribution in [2.45, 2.75) is 63.0 Å². The lowest BCUT2D eigenvalue weighted by Gasteiger charge is -2.59. The summed E-state index contributed by atoms with van der Waals surface area (Å²) in [5, 5.41) is 0. The highest BCUT2D eigenvalue weighted by Gasteiger charge is 2.67. The molecule has 0 unspecified atom stereocenters. The number of methoxy groups -OCH3 is 1. The molecule has 2 bridgehead atoms. The Bertz CT molecular complexity index is 760. The van der Waals surface area contributed by atoms with Crippen LogP contribution >= 0.6 is 0 Å². The van der Waals surface area contributed by atoms with Crippen LogP contribution in [0.3, 0.4) is 0 Å². The predicted octanol–water partition coefficient (Wildman–Crippen LogP) is 3.35. The molecule has 1 saturated carbocycles. The van der Waals surface area contributed by atoms with Gasteiger partial charge in [0.15, 0.2) is 23.4 Å². The van der Waals surface area contributed by atoms with E-state index < -0.39 is 0 Å². The van der Waals surface area contributed by atoms with Crippen LogP contribution in [0.15, 0.2) is 12.1 Å². The van der Waals surface area contributed by atoms with Crippen LogP contribution in [0.2, 0.25) is 0 Å². The molecule has 0 radical (unpaired) electrons. The first-order valence-electron chi connectivity index (χ1n) is 10.2. The maximum atomic E-state index is 13.2. The Balaban J connectivity index is 1.72. The molecule has 5 atom stereocenters. The number of ketones is 1. The third-order valence-electron chi connectivity index (χ3n) is 7.67. The summed E-state index contributed by atoms with van der Waals surface area (Å²) in [6.45, 7) is 3.29. The zero-order valence-corrected chi connectivity index (χ0v) is 16.1. The van der Waals surface area contributed by atoms with Crippen LogP contribution in [0.25, 0.3) is 0 Å². The van der Waals surface area contributed by atoms with E-state index in [-0.39, 0.29) is 11.5 Å². The van der Waals surface area contributed by atoms with Crippen LogP contribution in [0.4, 0.5) is 0 Å². The molecule has 0 N–H and O–H groups in total. The van der Waals surface area contributed by atoms with Gasteiger partial charge in [-0.05, 0) is 56.3 Å². The average Bonchev–Trinajstić information content (AvgIpc) is 2.99. The van der Waals surface area contributed by atoms with Crippen molar-refractivity contribution < 1.29 is 14.3 Å². The first-order chi connectivity index (χ1) is 12.6. The molecule has 1 spiro atoms. The standard InChI is InChI=1S/C22H29NO3/c1-4-5-6-13-12-16(24)21-22-9-10-23(2)15(18(13)22)11-14-7-8-17(25-3)20(26-21)19(14)22/h7-8,13,15,18,21H,4-6,9-12H2,1-3H3/t13-,15+,18-,21-,22-/m0/s1. The second kappa shape index (κ2) is 5.72. The van der Waals surface area contributed by atoms with E-state index in [1.807, 2.05) is 6.07 Å². The van der Waals surface area contributed by atoms with E-state index >= 15 is 0 Å². The highest BCUT2D eigenvalue weighted by atomic mass is 16.5. The number of unbranched alkanes of at least 4 members (excludes halogenated alkanes) is 1. The van der Waals surface area contributed by atoms with Gasteiger partial charge >= 0.3 is 0 Å². The molecule has 2 fully saturated rings. The summed E-state index contributed by atoms with van der Waals surface area (Å²) in [4.78, 5) is 15.7. The van der Waals surface area contributed by atoms with Gasteiger partial charge in [-0.2, -0.15) is 0 Å². The van der Waals surface area contributed by atoms with Gasteiger partial charge in [-0.15, -0.1) is 0 Å². The van der Waals surface area contributed by atoms with Crippen molar-refractivity contribution in [2.24, 2.45) is 11.8 Å². The number of hydrogen-bond donors (Lipinski definition) is 0. The summed E-state index contributed by atoms with van der Waals surface area (Å²) >= 11 is 0. The second-order valence-electron chi connectivity index (χ2n) is 8.77. The molecule has 2 heterocycles. The number of ether oxygens (including phenoxy) is 2. The van der Waals surface area contributed by atoms with Gasteiger partial charge in [-0.1, -0.05) is 25.8 Å². The summed E-state index contributed by atoms with van der Waals surface area (Å²) in [6.07, 6.45) is 6.06. The van der Waals surface area contributed by atoms with Gasteiger partial charge in [0, 0.05) is 23.4 Å². The SMILES string of the molecule is CCCC[C@H]1CC(=O)[C@@H]2Oc3c(OC)ccc4c3[C@@]23CCN(C)[C@H](C4)[C@H]13. The Hall–Kier alpha value is -1.55. The number of carbonyl (C=O) groups is 1. The number of piperidine rings is 1. The molecule has 5 rings (SSSR count). The van der Waals surface area contributed by atoms with Gasteiger partial charge in [0.05, 0.1) is 7.11 Å². The van der Waals surface area contributed by atoms with Gasteiger partial charge < -0.3 is 14.4 Å². The van der Waals surface area contributed by atoms with Crippen LogP contribution in [0, 0.1) is 11.8 Å². The zero-order valence-electron chi connectivity index (χ0n) is 16.1. The fourth-order valence-corrected chi connectivity index (χ4v) is 6.66. The highest BCUT2D eigenvalue weighted by molar-refractivity contribution is 5.89. The summed E-state index contributed by atoms with van der Waals surface area (Å²) in [5.41, 5.74) is 2.58.